The maximum Gasteiger partial charge on any atom is 0.213 e. The molecule has 0 aromatic carbocycles. The molecule has 2 heterocycles. The number of rotatable bonds is 3. The summed E-state index contributed by atoms with van der Waals surface area (Å²) in [6, 6.07) is 0. The predicted octanol–water partition coefficient (Wildman–Crippen LogP) is 1.65. The molecule has 0 atom stereocenters. The molecule has 2 rings (SSSR count). The van der Waals surface area contributed by atoms with Gasteiger partial charge in [0.25, 0.3) is 0 Å². The third kappa shape index (κ3) is 2.49. The highest BCUT2D eigenvalue weighted by Crippen LogP contribution is 2.18. The molecule has 0 amide bonds. The van der Waals surface area contributed by atoms with E-state index < -0.39 is 0 Å². The van der Waals surface area contributed by atoms with Crippen molar-refractivity contribution in [3.8, 4) is 11.5 Å². The highest BCUT2D eigenvalue weighted by atomic mass is 32.1. The molecule has 2 N–H and O–H groups in total. The molecule has 0 aliphatic carbocycles. The first-order chi connectivity index (χ1) is 7.15. The lowest BCUT2D eigenvalue weighted by Crippen LogP contribution is -2.10. The first kappa shape index (κ1) is 10.5. The number of aromatic nitrogens is 4. The molecule has 0 saturated carbocycles. The van der Waals surface area contributed by atoms with E-state index in [4.69, 9.17) is 12.2 Å². The molecule has 0 radical (unpaired) electrons. The molecule has 5 nitrogen and oxygen atoms in total. The number of nitrogens with one attached hydrogen (secondary N) is 2. The van der Waals surface area contributed by atoms with Crippen molar-refractivity contribution in [3.63, 3.8) is 0 Å². The molecule has 0 spiro atoms. The zero-order chi connectivity index (χ0) is 10.8. The van der Waals surface area contributed by atoms with Gasteiger partial charge in [-0.05, 0) is 26.3 Å². The molecule has 0 aliphatic rings. The van der Waals surface area contributed by atoms with Gasteiger partial charge in [0.15, 0.2) is 5.82 Å². The second-order valence-corrected chi connectivity index (χ2v) is 4.71. The van der Waals surface area contributed by atoms with Crippen molar-refractivity contribution in [1.29, 1.82) is 0 Å². The van der Waals surface area contributed by atoms with Crippen LogP contribution in [-0.4, -0.2) is 39.2 Å². The quantitative estimate of drug-likeness (QED) is 0.802. The van der Waals surface area contributed by atoms with Gasteiger partial charge in [0, 0.05) is 11.9 Å². The standard InChI is InChI=1S/C8H11N5S2/c1-13(2)3-6-9-5(4-15-6)7-10-8(14)12-11-7/h4H,3H2,1-2H3,(H2,10,11,12,14). The highest BCUT2D eigenvalue weighted by Gasteiger charge is 2.07. The molecule has 2 aromatic rings. The average Bonchev–Trinajstić information content (AvgIpc) is 2.72. The third-order valence-electron chi connectivity index (χ3n) is 1.75. The summed E-state index contributed by atoms with van der Waals surface area (Å²) in [4.78, 5) is 10.6. The van der Waals surface area contributed by atoms with Gasteiger partial charge >= 0.3 is 0 Å². The van der Waals surface area contributed by atoms with Crippen LogP contribution in [0.25, 0.3) is 11.5 Å². The predicted molar refractivity (Wildman–Crippen MR) is 62.3 cm³/mol. The summed E-state index contributed by atoms with van der Waals surface area (Å²) in [7, 11) is 4.03. The Morgan fingerprint density at radius 3 is 2.80 bits per heavy atom. The van der Waals surface area contributed by atoms with Gasteiger partial charge in [0.2, 0.25) is 4.77 Å². The maximum absolute atomic E-state index is 4.88. The maximum atomic E-state index is 4.88. The summed E-state index contributed by atoms with van der Waals surface area (Å²) in [6.07, 6.45) is 0. The van der Waals surface area contributed by atoms with Crippen LogP contribution in [0.3, 0.4) is 0 Å². The molecule has 0 unspecified atom stereocenters. The highest BCUT2D eigenvalue weighted by molar-refractivity contribution is 7.71. The van der Waals surface area contributed by atoms with Gasteiger partial charge in [-0.3, -0.25) is 10.2 Å². The number of nitrogens with zero attached hydrogens (tertiary/aromatic N) is 3. The third-order valence-corrected chi connectivity index (χ3v) is 2.77. The van der Waals surface area contributed by atoms with Crippen molar-refractivity contribution in [2.45, 2.75) is 6.54 Å². The summed E-state index contributed by atoms with van der Waals surface area (Å²) in [5.74, 6) is 0.696. The van der Waals surface area contributed by atoms with Crippen LogP contribution in [-0.2, 0) is 6.54 Å². The van der Waals surface area contributed by atoms with E-state index in [-0.39, 0.29) is 0 Å². The summed E-state index contributed by atoms with van der Waals surface area (Å²) < 4.78 is 0.451. The largest absolute Gasteiger partial charge is 0.303 e. The Morgan fingerprint density at radius 1 is 1.40 bits per heavy atom. The van der Waals surface area contributed by atoms with Crippen LogP contribution in [0.2, 0.25) is 0 Å². The van der Waals surface area contributed by atoms with Crippen LogP contribution in [0, 0.1) is 4.77 Å². The Bertz CT molecular complexity index is 495. The number of hydrogen-bond donors (Lipinski definition) is 2. The van der Waals surface area contributed by atoms with E-state index in [1.807, 2.05) is 19.5 Å². The number of aromatic amines is 2. The second kappa shape index (κ2) is 4.21. The van der Waals surface area contributed by atoms with Gasteiger partial charge < -0.3 is 4.90 Å². The number of hydrogen-bond acceptors (Lipinski definition) is 5. The Labute approximate surface area is 96.2 Å². The van der Waals surface area contributed by atoms with Gasteiger partial charge in [-0.25, -0.2) is 4.98 Å². The SMILES string of the molecule is CN(C)Cc1nc(-c2nc(=S)[nH][nH]2)cs1. The first-order valence-corrected chi connectivity index (χ1v) is 5.68. The second-order valence-electron chi connectivity index (χ2n) is 3.38. The van der Waals surface area contributed by atoms with Crippen molar-refractivity contribution >= 4 is 23.6 Å². The van der Waals surface area contributed by atoms with Gasteiger partial charge in [0.1, 0.15) is 10.7 Å². The normalized spacial score (nSPS) is 11.1. The van der Waals surface area contributed by atoms with E-state index in [1.54, 1.807) is 11.3 Å². The fourth-order valence-electron chi connectivity index (χ4n) is 1.15. The van der Waals surface area contributed by atoms with Gasteiger partial charge in [0.05, 0.1) is 0 Å². The molecule has 0 fully saturated rings. The Morgan fingerprint density at radius 2 is 2.20 bits per heavy atom. The van der Waals surface area contributed by atoms with E-state index in [9.17, 15) is 0 Å². The molecular weight excluding hydrogens is 230 g/mol. The van der Waals surface area contributed by atoms with Crippen LogP contribution in [0.15, 0.2) is 5.38 Å². The molecule has 2 aromatic heterocycles. The molecule has 80 valence electrons. The lowest BCUT2D eigenvalue weighted by atomic mass is 10.5. The Balaban J connectivity index is 2.23. The lowest BCUT2D eigenvalue weighted by Gasteiger charge is -2.04. The topological polar surface area (TPSA) is 60.6 Å². The minimum Gasteiger partial charge on any atom is -0.303 e. The van der Waals surface area contributed by atoms with E-state index in [0.29, 0.717) is 10.6 Å². The smallest absolute Gasteiger partial charge is 0.213 e. The Hall–Kier alpha value is -1.05. The molecule has 0 bridgehead atoms. The van der Waals surface area contributed by atoms with Crippen LogP contribution < -0.4 is 0 Å². The number of thiazole rings is 1. The van der Waals surface area contributed by atoms with Crippen LogP contribution in [0.1, 0.15) is 5.01 Å². The van der Waals surface area contributed by atoms with Crippen molar-refractivity contribution in [3.05, 3.63) is 15.2 Å². The molecule has 0 saturated heterocycles. The van der Waals surface area contributed by atoms with E-state index in [1.165, 1.54) is 0 Å². The lowest BCUT2D eigenvalue weighted by molar-refractivity contribution is 0.401. The van der Waals surface area contributed by atoms with E-state index >= 15 is 0 Å². The van der Waals surface area contributed by atoms with Gasteiger partial charge in [-0.1, -0.05) is 0 Å². The fourth-order valence-corrected chi connectivity index (χ4v) is 2.19. The minimum absolute atomic E-state index is 0.451. The van der Waals surface area contributed by atoms with Gasteiger partial charge in [-0.2, -0.15) is 4.98 Å². The van der Waals surface area contributed by atoms with Crippen molar-refractivity contribution in [2.75, 3.05) is 14.1 Å². The molecular formula is C8H11N5S2. The van der Waals surface area contributed by atoms with Crippen LogP contribution in [0.4, 0.5) is 0 Å². The summed E-state index contributed by atoms with van der Waals surface area (Å²) in [5.41, 5.74) is 0.837. The average molecular weight is 241 g/mol. The summed E-state index contributed by atoms with van der Waals surface area (Å²) in [5, 5.41) is 8.67. The van der Waals surface area contributed by atoms with Crippen LogP contribution >= 0.6 is 23.6 Å². The van der Waals surface area contributed by atoms with E-state index in [2.05, 4.69) is 25.1 Å². The number of H-pyrrole nitrogens is 2. The zero-order valence-electron chi connectivity index (χ0n) is 8.44. The molecule has 7 heteroatoms. The summed E-state index contributed by atoms with van der Waals surface area (Å²) >= 11 is 6.50. The van der Waals surface area contributed by atoms with Crippen LogP contribution in [0.5, 0.6) is 0 Å². The fraction of sp³-hybridized carbons (Fsp3) is 0.375. The van der Waals surface area contributed by atoms with Crippen molar-refractivity contribution in [1.82, 2.24) is 25.1 Å². The first-order valence-electron chi connectivity index (χ1n) is 4.39. The van der Waals surface area contributed by atoms with E-state index in [0.717, 1.165) is 17.2 Å². The molecule has 15 heavy (non-hydrogen) atoms. The Kier molecular flexibility index (Phi) is 2.94. The molecule has 0 aliphatic heterocycles. The zero-order valence-corrected chi connectivity index (χ0v) is 10.1. The van der Waals surface area contributed by atoms with Gasteiger partial charge in [-0.15, -0.1) is 11.3 Å². The minimum atomic E-state index is 0.451. The summed E-state index contributed by atoms with van der Waals surface area (Å²) in [6.45, 7) is 0.843. The van der Waals surface area contributed by atoms with Crippen molar-refractivity contribution < 1.29 is 0 Å². The van der Waals surface area contributed by atoms with Crippen molar-refractivity contribution in [2.24, 2.45) is 0 Å². The monoisotopic (exact) mass is 241 g/mol.